The molecule has 0 saturated carbocycles. The highest BCUT2D eigenvalue weighted by molar-refractivity contribution is 5.94. The van der Waals surface area contributed by atoms with Crippen molar-refractivity contribution >= 4 is 5.91 Å². The van der Waals surface area contributed by atoms with E-state index in [0.717, 1.165) is 6.42 Å². The van der Waals surface area contributed by atoms with Crippen molar-refractivity contribution in [2.45, 2.75) is 20.3 Å². The molecule has 1 aromatic rings. The molecule has 0 radical (unpaired) electrons. The number of furan rings is 1. The molecule has 0 saturated heterocycles. The van der Waals surface area contributed by atoms with Crippen molar-refractivity contribution in [2.75, 3.05) is 6.54 Å². The van der Waals surface area contributed by atoms with Gasteiger partial charge in [-0.05, 0) is 19.4 Å². The van der Waals surface area contributed by atoms with Gasteiger partial charge in [-0.3, -0.25) is 4.79 Å². The van der Waals surface area contributed by atoms with E-state index in [1.165, 1.54) is 6.26 Å². The zero-order valence-corrected chi connectivity index (χ0v) is 7.39. The summed E-state index contributed by atoms with van der Waals surface area (Å²) in [6.07, 6.45) is 2.47. The molecule has 1 aromatic heterocycles. The van der Waals surface area contributed by atoms with Crippen molar-refractivity contribution in [3.63, 3.8) is 0 Å². The second-order valence-electron chi connectivity index (χ2n) is 2.65. The highest BCUT2D eigenvalue weighted by Gasteiger charge is 2.09. The second-order valence-corrected chi connectivity index (χ2v) is 2.65. The van der Waals surface area contributed by atoms with Gasteiger partial charge in [0.1, 0.15) is 5.76 Å². The maximum Gasteiger partial charge on any atom is 0.254 e. The molecule has 1 amide bonds. The van der Waals surface area contributed by atoms with Gasteiger partial charge in [-0.1, -0.05) is 6.92 Å². The minimum Gasteiger partial charge on any atom is -0.469 e. The Morgan fingerprint density at radius 1 is 1.67 bits per heavy atom. The van der Waals surface area contributed by atoms with E-state index in [1.807, 2.05) is 6.92 Å². The molecule has 0 aliphatic heterocycles. The van der Waals surface area contributed by atoms with Crippen molar-refractivity contribution in [1.29, 1.82) is 0 Å². The van der Waals surface area contributed by atoms with Crippen LogP contribution in [0.2, 0.25) is 0 Å². The third kappa shape index (κ3) is 1.87. The van der Waals surface area contributed by atoms with E-state index in [-0.39, 0.29) is 5.91 Å². The highest BCUT2D eigenvalue weighted by Crippen LogP contribution is 2.07. The van der Waals surface area contributed by atoms with Crippen LogP contribution in [0.4, 0.5) is 0 Å². The number of aryl methyl sites for hydroxylation is 1. The van der Waals surface area contributed by atoms with E-state index >= 15 is 0 Å². The maximum atomic E-state index is 11.3. The predicted molar refractivity (Wildman–Crippen MR) is 46.1 cm³/mol. The number of hydrogen-bond donors (Lipinski definition) is 1. The molecule has 0 unspecified atom stereocenters. The first-order valence-electron chi connectivity index (χ1n) is 4.08. The van der Waals surface area contributed by atoms with E-state index in [1.54, 1.807) is 13.0 Å². The molecule has 1 N–H and O–H groups in total. The third-order valence-electron chi connectivity index (χ3n) is 1.64. The highest BCUT2D eigenvalue weighted by atomic mass is 16.3. The molecule has 0 atom stereocenters. The lowest BCUT2D eigenvalue weighted by atomic mass is 10.2. The average Bonchev–Trinajstić information content (AvgIpc) is 2.47. The maximum absolute atomic E-state index is 11.3. The van der Waals surface area contributed by atoms with E-state index in [4.69, 9.17) is 4.42 Å². The summed E-state index contributed by atoms with van der Waals surface area (Å²) >= 11 is 0. The Hall–Kier alpha value is -1.25. The fourth-order valence-corrected chi connectivity index (χ4v) is 0.954. The summed E-state index contributed by atoms with van der Waals surface area (Å²) in [5.74, 6) is 0.617. The number of carbonyl (C=O) groups is 1. The molecule has 0 aliphatic carbocycles. The van der Waals surface area contributed by atoms with Crippen molar-refractivity contribution in [3.8, 4) is 0 Å². The van der Waals surface area contributed by atoms with Gasteiger partial charge >= 0.3 is 0 Å². The van der Waals surface area contributed by atoms with Crippen LogP contribution in [0.15, 0.2) is 16.7 Å². The molecule has 1 rings (SSSR count). The molecular weight excluding hydrogens is 154 g/mol. The Bertz CT molecular complexity index is 265. The molecule has 0 aliphatic rings. The minimum absolute atomic E-state index is 0.0527. The van der Waals surface area contributed by atoms with Crippen molar-refractivity contribution < 1.29 is 9.21 Å². The quantitative estimate of drug-likeness (QED) is 0.744. The van der Waals surface area contributed by atoms with Crippen molar-refractivity contribution in [1.82, 2.24) is 5.32 Å². The molecule has 0 spiro atoms. The van der Waals surface area contributed by atoms with Gasteiger partial charge in [0.05, 0.1) is 11.8 Å². The first-order valence-corrected chi connectivity index (χ1v) is 4.08. The van der Waals surface area contributed by atoms with Gasteiger partial charge in [0.25, 0.3) is 5.91 Å². The summed E-state index contributed by atoms with van der Waals surface area (Å²) in [6, 6.07) is 1.68. The largest absolute Gasteiger partial charge is 0.469 e. The summed E-state index contributed by atoms with van der Waals surface area (Å²) < 4.78 is 5.00. The van der Waals surface area contributed by atoms with Crippen LogP contribution in [-0.4, -0.2) is 12.5 Å². The smallest absolute Gasteiger partial charge is 0.254 e. The molecule has 0 aromatic carbocycles. The van der Waals surface area contributed by atoms with Gasteiger partial charge in [-0.2, -0.15) is 0 Å². The Morgan fingerprint density at radius 2 is 2.42 bits per heavy atom. The molecule has 3 nitrogen and oxygen atoms in total. The Labute approximate surface area is 71.8 Å². The predicted octanol–water partition coefficient (Wildman–Crippen LogP) is 1.73. The first kappa shape index (κ1) is 8.84. The number of nitrogens with one attached hydrogen (secondary N) is 1. The van der Waals surface area contributed by atoms with Gasteiger partial charge in [-0.15, -0.1) is 0 Å². The monoisotopic (exact) mass is 167 g/mol. The third-order valence-corrected chi connectivity index (χ3v) is 1.64. The van der Waals surface area contributed by atoms with Crippen molar-refractivity contribution in [2.24, 2.45) is 0 Å². The number of amides is 1. The fourth-order valence-electron chi connectivity index (χ4n) is 0.954. The van der Waals surface area contributed by atoms with Gasteiger partial charge in [0.2, 0.25) is 0 Å². The standard InChI is InChI=1S/C9H13NO2/c1-3-5-10-9(11)8-4-6-12-7(8)2/h4,6H,3,5H2,1-2H3,(H,10,11). The molecule has 0 bridgehead atoms. The number of hydrogen-bond acceptors (Lipinski definition) is 2. The van der Waals surface area contributed by atoms with Crippen LogP contribution in [0.25, 0.3) is 0 Å². The van der Waals surface area contributed by atoms with E-state index < -0.39 is 0 Å². The summed E-state index contributed by atoms with van der Waals surface area (Å²) in [5, 5.41) is 2.78. The Morgan fingerprint density at radius 3 is 2.92 bits per heavy atom. The van der Waals surface area contributed by atoms with Gasteiger partial charge in [-0.25, -0.2) is 0 Å². The molecule has 12 heavy (non-hydrogen) atoms. The fraction of sp³-hybridized carbons (Fsp3) is 0.444. The molecule has 0 fully saturated rings. The summed E-state index contributed by atoms with van der Waals surface area (Å²) in [5.41, 5.74) is 0.628. The number of rotatable bonds is 3. The normalized spacial score (nSPS) is 9.83. The van der Waals surface area contributed by atoms with Crippen molar-refractivity contribution in [3.05, 3.63) is 23.7 Å². The summed E-state index contributed by atoms with van der Waals surface area (Å²) in [7, 11) is 0. The lowest BCUT2D eigenvalue weighted by Crippen LogP contribution is -2.24. The van der Waals surface area contributed by atoms with Crippen LogP contribution in [0, 0.1) is 6.92 Å². The van der Waals surface area contributed by atoms with Crippen LogP contribution in [-0.2, 0) is 0 Å². The molecular formula is C9H13NO2. The van der Waals surface area contributed by atoms with Gasteiger partial charge < -0.3 is 9.73 Å². The zero-order valence-electron chi connectivity index (χ0n) is 7.39. The average molecular weight is 167 g/mol. The molecule has 3 heteroatoms. The lowest BCUT2D eigenvalue weighted by Gasteiger charge is -2.00. The Balaban J connectivity index is 2.59. The van der Waals surface area contributed by atoms with E-state index in [0.29, 0.717) is 17.9 Å². The van der Waals surface area contributed by atoms with Crippen LogP contribution in [0.5, 0.6) is 0 Å². The van der Waals surface area contributed by atoms with Gasteiger partial charge in [0.15, 0.2) is 0 Å². The van der Waals surface area contributed by atoms with E-state index in [9.17, 15) is 4.79 Å². The lowest BCUT2D eigenvalue weighted by molar-refractivity contribution is 0.0952. The second kappa shape index (κ2) is 3.95. The molecule has 66 valence electrons. The summed E-state index contributed by atoms with van der Waals surface area (Å²) in [4.78, 5) is 11.3. The van der Waals surface area contributed by atoms with Crippen LogP contribution >= 0.6 is 0 Å². The summed E-state index contributed by atoms with van der Waals surface area (Å²) in [6.45, 7) is 4.51. The van der Waals surface area contributed by atoms with Crippen LogP contribution in [0.1, 0.15) is 29.5 Å². The minimum atomic E-state index is -0.0527. The first-order chi connectivity index (χ1) is 5.75. The number of carbonyl (C=O) groups excluding carboxylic acids is 1. The topological polar surface area (TPSA) is 42.2 Å². The van der Waals surface area contributed by atoms with E-state index in [2.05, 4.69) is 5.32 Å². The molecule has 1 heterocycles. The van der Waals surface area contributed by atoms with Crippen LogP contribution in [0.3, 0.4) is 0 Å². The van der Waals surface area contributed by atoms with Gasteiger partial charge in [0, 0.05) is 6.54 Å². The zero-order chi connectivity index (χ0) is 8.97. The Kier molecular flexibility index (Phi) is 2.91. The SMILES string of the molecule is CCCNC(=O)c1ccoc1C. The van der Waals surface area contributed by atoms with Crippen LogP contribution < -0.4 is 5.32 Å².